The first kappa shape index (κ1) is 19.5. The third kappa shape index (κ3) is 4.54. The van der Waals surface area contributed by atoms with Crippen LogP contribution in [0.3, 0.4) is 0 Å². The van der Waals surface area contributed by atoms with Crippen molar-refractivity contribution in [2.45, 2.75) is 39.7 Å². The second kappa shape index (κ2) is 8.62. The monoisotopic (exact) mass is 382 g/mol. The third-order valence-corrected chi connectivity index (χ3v) is 5.12. The Morgan fingerprint density at radius 2 is 1.93 bits per heavy atom. The smallest absolute Gasteiger partial charge is 0.220 e. The lowest BCUT2D eigenvalue weighted by Gasteiger charge is -2.18. The lowest BCUT2D eigenvalue weighted by atomic mass is 9.88. The fourth-order valence-corrected chi connectivity index (χ4v) is 3.72. The van der Waals surface area contributed by atoms with Gasteiger partial charge >= 0.3 is 0 Å². The van der Waals surface area contributed by atoms with Crippen molar-refractivity contribution < 1.29 is 4.79 Å². The average Bonchev–Trinajstić information content (AvgIpc) is 3.03. The van der Waals surface area contributed by atoms with E-state index in [0.29, 0.717) is 23.9 Å². The standard InChI is InChI=1S/C23H27ClN2O/c1-4-26-15-21(19-10-5-6-11-22(19)26)20(13-23(27)25-14-16(2)3)17-8-7-9-18(24)12-17/h5-12,15-16,20H,4,13-14H2,1-3H3,(H,25,27)/t20-/m1/s1. The quantitative estimate of drug-likeness (QED) is 0.566. The van der Waals surface area contributed by atoms with E-state index in [2.05, 4.69) is 67.2 Å². The van der Waals surface area contributed by atoms with E-state index < -0.39 is 0 Å². The number of carbonyl (C=O) groups excluding carboxylic acids is 1. The molecule has 2 aromatic carbocycles. The number of halogens is 1. The lowest BCUT2D eigenvalue weighted by Crippen LogP contribution is -2.28. The Morgan fingerprint density at radius 1 is 1.15 bits per heavy atom. The van der Waals surface area contributed by atoms with E-state index in [0.717, 1.165) is 12.1 Å². The number of aromatic nitrogens is 1. The number of rotatable bonds is 7. The first-order valence-electron chi connectivity index (χ1n) is 9.59. The number of benzene rings is 2. The van der Waals surface area contributed by atoms with Gasteiger partial charge in [-0.1, -0.05) is 55.8 Å². The topological polar surface area (TPSA) is 34.0 Å². The maximum Gasteiger partial charge on any atom is 0.220 e. The number of hydrogen-bond donors (Lipinski definition) is 1. The fourth-order valence-electron chi connectivity index (χ4n) is 3.52. The van der Waals surface area contributed by atoms with Crippen molar-refractivity contribution in [2.75, 3.05) is 6.54 Å². The molecule has 142 valence electrons. The van der Waals surface area contributed by atoms with Crippen LogP contribution in [0.4, 0.5) is 0 Å². The van der Waals surface area contributed by atoms with E-state index in [9.17, 15) is 4.79 Å². The van der Waals surface area contributed by atoms with Crippen LogP contribution in [0.1, 0.15) is 44.2 Å². The molecule has 0 saturated carbocycles. The molecule has 0 aliphatic rings. The van der Waals surface area contributed by atoms with E-state index in [4.69, 9.17) is 11.6 Å². The first-order chi connectivity index (χ1) is 13.0. The van der Waals surface area contributed by atoms with Gasteiger partial charge in [-0.3, -0.25) is 4.79 Å². The Labute approximate surface area is 166 Å². The summed E-state index contributed by atoms with van der Waals surface area (Å²) < 4.78 is 2.24. The van der Waals surface area contributed by atoms with Crippen molar-refractivity contribution in [3.8, 4) is 0 Å². The van der Waals surface area contributed by atoms with E-state index >= 15 is 0 Å². The van der Waals surface area contributed by atoms with Crippen LogP contribution in [0.25, 0.3) is 10.9 Å². The molecule has 1 heterocycles. The minimum atomic E-state index is -0.0337. The molecule has 0 saturated heterocycles. The highest BCUT2D eigenvalue weighted by atomic mass is 35.5. The zero-order chi connectivity index (χ0) is 19.4. The highest BCUT2D eigenvalue weighted by Crippen LogP contribution is 2.35. The summed E-state index contributed by atoms with van der Waals surface area (Å²) in [4.78, 5) is 12.7. The molecular formula is C23H27ClN2O. The summed E-state index contributed by atoms with van der Waals surface area (Å²) in [6.45, 7) is 7.92. The average molecular weight is 383 g/mol. The molecule has 1 N–H and O–H groups in total. The maximum absolute atomic E-state index is 12.7. The number of aryl methyl sites for hydroxylation is 1. The fraction of sp³-hybridized carbons (Fsp3) is 0.348. The summed E-state index contributed by atoms with van der Waals surface area (Å²) in [5, 5.41) is 4.95. The van der Waals surface area contributed by atoms with Crippen LogP contribution in [0.2, 0.25) is 5.02 Å². The van der Waals surface area contributed by atoms with Gasteiger partial charge in [-0.05, 0) is 42.2 Å². The normalized spacial score (nSPS) is 12.5. The van der Waals surface area contributed by atoms with Gasteiger partial charge in [0.15, 0.2) is 0 Å². The molecule has 3 nitrogen and oxygen atoms in total. The second-order valence-corrected chi connectivity index (χ2v) is 7.83. The number of hydrogen-bond acceptors (Lipinski definition) is 1. The molecule has 3 aromatic rings. The summed E-state index contributed by atoms with van der Waals surface area (Å²) in [7, 11) is 0. The Hall–Kier alpha value is -2.26. The van der Waals surface area contributed by atoms with Crippen LogP contribution >= 0.6 is 11.6 Å². The van der Waals surface area contributed by atoms with Crippen molar-refractivity contribution in [1.82, 2.24) is 9.88 Å². The number of fused-ring (bicyclic) bond motifs is 1. The summed E-state index contributed by atoms with van der Waals surface area (Å²) in [5.41, 5.74) is 3.44. The summed E-state index contributed by atoms with van der Waals surface area (Å²) >= 11 is 6.26. The molecule has 3 rings (SSSR count). The predicted octanol–water partition coefficient (Wildman–Crippen LogP) is 5.61. The van der Waals surface area contributed by atoms with Crippen molar-refractivity contribution >= 4 is 28.4 Å². The Morgan fingerprint density at radius 3 is 2.63 bits per heavy atom. The molecule has 0 spiro atoms. The molecule has 1 amide bonds. The van der Waals surface area contributed by atoms with Gasteiger partial charge in [-0.15, -0.1) is 0 Å². The minimum absolute atomic E-state index is 0.0337. The zero-order valence-corrected chi connectivity index (χ0v) is 17.0. The molecular weight excluding hydrogens is 356 g/mol. The summed E-state index contributed by atoms with van der Waals surface area (Å²) in [5.74, 6) is 0.469. The van der Waals surface area contributed by atoms with E-state index in [1.165, 1.54) is 16.5 Å². The highest BCUT2D eigenvalue weighted by Gasteiger charge is 2.22. The Balaban J connectivity index is 2.03. The van der Waals surface area contributed by atoms with Gasteiger partial charge < -0.3 is 9.88 Å². The lowest BCUT2D eigenvalue weighted by molar-refractivity contribution is -0.121. The molecule has 0 fully saturated rings. The molecule has 27 heavy (non-hydrogen) atoms. The third-order valence-electron chi connectivity index (χ3n) is 4.88. The second-order valence-electron chi connectivity index (χ2n) is 7.40. The SMILES string of the molecule is CCn1cc([C@H](CC(=O)NCC(C)C)c2cccc(Cl)c2)c2ccccc21. The van der Waals surface area contributed by atoms with Gasteiger partial charge in [0.2, 0.25) is 5.91 Å². The zero-order valence-electron chi connectivity index (χ0n) is 16.2. The number of nitrogens with one attached hydrogen (secondary N) is 1. The van der Waals surface area contributed by atoms with Gasteiger partial charge in [0.1, 0.15) is 0 Å². The molecule has 1 aromatic heterocycles. The molecule has 0 radical (unpaired) electrons. The van der Waals surface area contributed by atoms with Crippen LogP contribution in [-0.4, -0.2) is 17.0 Å². The van der Waals surface area contributed by atoms with Gasteiger partial charge in [-0.2, -0.15) is 0 Å². The van der Waals surface area contributed by atoms with Crippen LogP contribution in [-0.2, 0) is 11.3 Å². The van der Waals surface area contributed by atoms with Crippen LogP contribution < -0.4 is 5.32 Å². The van der Waals surface area contributed by atoms with Crippen LogP contribution in [0.5, 0.6) is 0 Å². The predicted molar refractivity (Wildman–Crippen MR) is 113 cm³/mol. The Bertz CT molecular complexity index is 929. The molecule has 1 atom stereocenters. The molecule has 0 bridgehead atoms. The van der Waals surface area contributed by atoms with Gasteiger partial charge in [-0.25, -0.2) is 0 Å². The Kier molecular flexibility index (Phi) is 6.22. The van der Waals surface area contributed by atoms with Gasteiger partial charge in [0, 0.05) is 47.6 Å². The number of para-hydroxylation sites is 1. The molecule has 0 aliphatic heterocycles. The van der Waals surface area contributed by atoms with Crippen molar-refractivity contribution in [1.29, 1.82) is 0 Å². The largest absolute Gasteiger partial charge is 0.356 e. The summed E-state index contributed by atoms with van der Waals surface area (Å²) in [6, 6.07) is 16.2. The maximum atomic E-state index is 12.7. The van der Waals surface area contributed by atoms with Gasteiger partial charge in [0.05, 0.1) is 0 Å². The minimum Gasteiger partial charge on any atom is -0.356 e. The number of amides is 1. The molecule has 4 heteroatoms. The number of nitrogens with zero attached hydrogens (tertiary/aromatic N) is 1. The highest BCUT2D eigenvalue weighted by molar-refractivity contribution is 6.30. The van der Waals surface area contributed by atoms with Gasteiger partial charge in [0.25, 0.3) is 0 Å². The van der Waals surface area contributed by atoms with Crippen LogP contribution in [0.15, 0.2) is 54.7 Å². The van der Waals surface area contributed by atoms with E-state index in [1.807, 2.05) is 18.2 Å². The first-order valence-corrected chi connectivity index (χ1v) is 9.97. The summed E-state index contributed by atoms with van der Waals surface area (Å²) in [6.07, 6.45) is 2.59. The van der Waals surface area contributed by atoms with E-state index in [-0.39, 0.29) is 11.8 Å². The molecule has 0 unspecified atom stereocenters. The molecule has 0 aliphatic carbocycles. The van der Waals surface area contributed by atoms with Crippen molar-refractivity contribution in [3.05, 3.63) is 70.9 Å². The van der Waals surface area contributed by atoms with Crippen LogP contribution in [0, 0.1) is 5.92 Å². The van der Waals surface area contributed by atoms with E-state index in [1.54, 1.807) is 0 Å². The number of carbonyl (C=O) groups is 1. The van der Waals surface area contributed by atoms with Crippen molar-refractivity contribution in [2.24, 2.45) is 5.92 Å². The van der Waals surface area contributed by atoms with Crippen molar-refractivity contribution in [3.63, 3.8) is 0 Å².